The summed E-state index contributed by atoms with van der Waals surface area (Å²) in [6.07, 6.45) is 1.47. The van der Waals surface area contributed by atoms with E-state index in [0.29, 0.717) is 33.9 Å². The molecule has 7 heteroatoms. The number of rotatable bonds is 4. The summed E-state index contributed by atoms with van der Waals surface area (Å²) in [5.74, 6) is 0.343. The monoisotopic (exact) mass is 426 g/mol. The van der Waals surface area contributed by atoms with Crippen molar-refractivity contribution >= 4 is 28.5 Å². The van der Waals surface area contributed by atoms with Gasteiger partial charge >= 0.3 is 0 Å². The number of carbonyl (C=O) groups excluding carboxylic acids is 2. The Morgan fingerprint density at radius 2 is 1.62 bits per heavy atom. The molecule has 1 aliphatic heterocycles. The maximum atomic E-state index is 13.6. The smallest absolute Gasteiger partial charge is 0.267 e. The number of benzene rings is 2. The fraction of sp³-hybridized carbons (Fsp3) is 0.200. The fourth-order valence-electron chi connectivity index (χ4n) is 4.12. The minimum absolute atomic E-state index is 0.290. The van der Waals surface area contributed by atoms with Crippen molar-refractivity contribution in [2.75, 3.05) is 12.0 Å². The van der Waals surface area contributed by atoms with Crippen molar-refractivity contribution in [2.24, 2.45) is 7.05 Å². The minimum atomic E-state index is -0.374. The summed E-state index contributed by atoms with van der Waals surface area (Å²) in [7, 11) is 3.38. The van der Waals surface area contributed by atoms with Crippen LogP contribution in [0.25, 0.3) is 22.3 Å². The average molecular weight is 426 g/mol. The zero-order valence-electron chi connectivity index (χ0n) is 18.3. The van der Waals surface area contributed by atoms with Crippen LogP contribution in [0.1, 0.15) is 46.0 Å². The van der Waals surface area contributed by atoms with E-state index in [1.165, 1.54) is 11.1 Å². The Bertz CT molecular complexity index is 1370. The first-order chi connectivity index (χ1) is 15.4. The van der Waals surface area contributed by atoms with Crippen LogP contribution in [0.2, 0.25) is 0 Å². The molecule has 4 aromatic rings. The quantitative estimate of drug-likeness (QED) is 0.447. The largest absolute Gasteiger partial charge is 0.497 e. The molecular weight excluding hydrogens is 404 g/mol. The second kappa shape index (κ2) is 7.30. The third-order valence-corrected chi connectivity index (χ3v) is 5.88. The Morgan fingerprint density at radius 1 is 0.938 bits per heavy atom. The molecule has 5 rings (SSSR count). The number of hydrogen-bond donors (Lipinski definition) is 0. The van der Waals surface area contributed by atoms with Crippen LogP contribution in [-0.4, -0.2) is 33.7 Å². The zero-order valence-corrected chi connectivity index (χ0v) is 18.3. The van der Waals surface area contributed by atoms with Crippen molar-refractivity contribution in [3.8, 4) is 17.0 Å². The molecule has 0 unspecified atom stereocenters. The molecule has 0 saturated heterocycles. The second-order valence-electron chi connectivity index (χ2n) is 8.14. The minimum Gasteiger partial charge on any atom is -0.497 e. The Morgan fingerprint density at radius 3 is 2.25 bits per heavy atom. The van der Waals surface area contributed by atoms with Crippen LogP contribution >= 0.6 is 0 Å². The SMILES string of the molecule is COc1ccc(-c2nn(C)c3ncc4c(c23)C(=O)N(c2ccc(C(C)C)cc2)C4=O)cc1. The highest BCUT2D eigenvalue weighted by Crippen LogP contribution is 2.37. The third kappa shape index (κ3) is 2.89. The Balaban J connectivity index is 1.67. The third-order valence-electron chi connectivity index (χ3n) is 5.88. The molecule has 0 radical (unpaired) electrons. The van der Waals surface area contributed by atoms with Crippen LogP contribution in [0, 0.1) is 0 Å². The number of fused-ring (bicyclic) bond motifs is 3. The molecule has 0 N–H and O–H groups in total. The van der Waals surface area contributed by atoms with Gasteiger partial charge in [0.25, 0.3) is 11.8 Å². The maximum absolute atomic E-state index is 13.6. The molecule has 2 aromatic carbocycles. The number of aromatic nitrogens is 3. The van der Waals surface area contributed by atoms with Crippen LogP contribution in [0.15, 0.2) is 54.7 Å². The molecule has 1 aliphatic rings. The molecule has 0 bridgehead atoms. The van der Waals surface area contributed by atoms with Gasteiger partial charge in [-0.3, -0.25) is 9.59 Å². The Kier molecular flexibility index (Phi) is 4.55. The molecule has 0 fully saturated rings. The highest BCUT2D eigenvalue weighted by Gasteiger charge is 2.40. The number of aryl methyl sites for hydroxylation is 1. The van der Waals surface area contributed by atoms with Crippen molar-refractivity contribution in [1.82, 2.24) is 14.8 Å². The lowest BCUT2D eigenvalue weighted by Gasteiger charge is -2.15. The van der Waals surface area contributed by atoms with E-state index in [1.54, 1.807) is 18.8 Å². The number of pyridine rings is 1. The molecule has 0 saturated carbocycles. The summed E-state index contributed by atoms with van der Waals surface area (Å²) in [6.45, 7) is 4.20. The summed E-state index contributed by atoms with van der Waals surface area (Å²) in [5.41, 5.74) is 4.28. The van der Waals surface area contributed by atoms with Gasteiger partial charge in [-0.05, 0) is 47.9 Å². The van der Waals surface area contributed by atoms with E-state index in [-0.39, 0.29) is 17.4 Å². The lowest BCUT2D eigenvalue weighted by molar-refractivity contribution is 0.0926. The molecular formula is C25H22N4O3. The zero-order chi connectivity index (χ0) is 22.6. The topological polar surface area (TPSA) is 77.3 Å². The van der Waals surface area contributed by atoms with Crippen molar-refractivity contribution < 1.29 is 14.3 Å². The van der Waals surface area contributed by atoms with Crippen molar-refractivity contribution in [1.29, 1.82) is 0 Å². The lowest BCUT2D eigenvalue weighted by atomic mass is 10.0. The van der Waals surface area contributed by atoms with E-state index in [0.717, 1.165) is 16.9 Å². The van der Waals surface area contributed by atoms with Gasteiger partial charge in [-0.15, -0.1) is 0 Å². The molecule has 0 spiro atoms. The predicted molar refractivity (Wildman–Crippen MR) is 122 cm³/mol. The summed E-state index contributed by atoms with van der Waals surface area (Å²) >= 11 is 0. The number of carbonyl (C=O) groups is 2. The van der Waals surface area contributed by atoms with Gasteiger partial charge < -0.3 is 4.74 Å². The molecule has 2 amide bonds. The average Bonchev–Trinajstić information content (AvgIpc) is 3.27. The van der Waals surface area contributed by atoms with E-state index in [4.69, 9.17) is 4.74 Å². The van der Waals surface area contributed by atoms with Crippen molar-refractivity contribution in [3.63, 3.8) is 0 Å². The highest BCUT2D eigenvalue weighted by atomic mass is 16.5. The molecule has 3 heterocycles. The van der Waals surface area contributed by atoms with Crippen molar-refractivity contribution in [2.45, 2.75) is 19.8 Å². The molecule has 0 aliphatic carbocycles. The summed E-state index contributed by atoms with van der Waals surface area (Å²) < 4.78 is 6.88. The fourth-order valence-corrected chi connectivity index (χ4v) is 4.12. The first-order valence-electron chi connectivity index (χ1n) is 10.4. The predicted octanol–water partition coefficient (Wildman–Crippen LogP) is 4.57. The van der Waals surface area contributed by atoms with Gasteiger partial charge in [0.15, 0.2) is 5.65 Å². The van der Waals surface area contributed by atoms with E-state index in [9.17, 15) is 9.59 Å². The van der Waals surface area contributed by atoms with E-state index in [1.807, 2.05) is 48.5 Å². The number of amides is 2. The van der Waals surface area contributed by atoms with E-state index < -0.39 is 0 Å². The summed E-state index contributed by atoms with van der Waals surface area (Å²) in [5, 5.41) is 5.19. The van der Waals surface area contributed by atoms with Gasteiger partial charge in [0, 0.05) is 18.8 Å². The number of ether oxygens (including phenoxy) is 1. The first-order valence-corrected chi connectivity index (χ1v) is 10.4. The molecule has 2 aromatic heterocycles. The van der Waals surface area contributed by atoms with Crippen LogP contribution in [0.4, 0.5) is 5.69 Å². The number of imide groups is 1. The first kappa shape index (κ1) is 19.9. The number of hydrogen-bond acceptors (Lipinski definition) is 5. The molecule has 0 atom stereocenters. The number of anilines is 1. The lowest BCUT2D eigenvalue weighted by Crippen LogP contribution is -2.29. The number of nitrogens with zero attached hydrogens (tertiary/aromatic N) is 4. The highest BCUT2D eigenvalue weighted by molar-refractivity contribution is 6.38. The summed E-state index contributed by atoms with van der Waals surface area (Å²) in [6, 6.07) is 15.0. The normalized spacial score (nSPS) is 13.3. The molecule has 160 valence electrons. The van der Waals surface area contributed by atoms with Gasteiger partial charge in [0.05, 0.1) is 29.3 Å². The molecule has 32 heavy (non-hydrogen) atoms. The van der Waals surface area contributed by atoms with Gasteiger partial charge in [0.2, 0.25) is 0 Å². The standard InChI is InChI=1S/C25H22N4O3/c1-14(2)15-5-9-17(10-6-15)29-24(30)19-13-26-23-21(20(19)25(29)31)22(27-28(23)3)16-7-11-18(32-4)12-8-16/h5-14H,1-4H3. The van der Waals surface area contributed by atoms with E-state index >= 15 is 0 Å². The van der Waals surface area contributed by atoms with Crippen LogP contribution in [-0.2, 0) is 7.05 Å². The molecule has 7 nitrogen and oxygen atoms in total. The summed E-state index contributed by atoms with van der Waals surface area (Å²) in [4.78, 5) is 32.5. The number of methoxy groups -OCH3 is 1. The van der Waals surface area contributed by atoms with Crippen LogP contribution < -0.4 is 9.64 Å². The van der Waals surface area contributed by atoms with Gasteiger partial charge in [-0.25, -0.2) is 14.6 Å². The second-order valence-corrected chi connectivity index (χ2v) is 8.14. The van der Waals surface area contributed by atoms with Gasteiger partial charge in [-0.1, -0.05) is 26.0 Å². The van der Waals surface area contributed by atoms with E-state index in [2.05, 4.69) is 23.9 Å². The van der Waals surface area contributed by atoms with Crippen LogP contribution in [0.5, 0.6) is 5.75 Å². The maximum Gasteiger partial charge on any atom is 0.267 e. The Hall–Kier alpha value is -4.00. The van der Waals surface area contributed by atoms with Gasteiger partial charge in [-0.2, -0.15) is 5.10 Å². The van der Waals surface area contributed by atoms with Gasteiger partial charge in [0.1, 0.15) is 11.4 Å². The Labute approximate surface area is 185 Å². The van der Waals surface area contributed by atoms with Crippen molar-refractivity contribution in [3.05, 3.63) is 71.4 Å². The van der Waals surface area contributed by atoms with Crippen LogP contribution in [0.3, 0.4) is 0 Å².